The van der Waals surface area contributed by atoms with E-state index in [-0.39, 0.29) is 17.4 Å². The number of sulfonamides is 1. The molecule has 0 aliphatic heterocycles. The highest BCUT2D eigenvalue weighted by Gasteiger charge is 2.25. The summed E-state index contributed by atoms with van der Waals surface area (Å²) >= 11 is 0.760. The van der Waals surface area contributed by atoms with Crippen LogP contribution in [0.15, 0.2) is 22.4 Å². The number of carboxylic acid groups (broad SMARTS) is 1. The van der Waals surface area contributed by atoms with E-state index in [1.165, 1.54) is 5.51 Å². The number of aromatic carboxylic acids is 1. The van der Waals surface area contributed by atoms with E-state index in [1.54, 1.807) is 6.08 Å². The highest BCUT2D eigenvalue weighted by Crippen LogP contribution is 2.19. The van der Waals surface area contributed by atoms with Gasteiger partial charge in [0.25, 0.3) is 10.0 Å². The second-order valence-corrected chi connectivity index (χ2v) is 6.20. The third-order valence-corrected chi connectivity index (χ3v) is 4.82. The van der Waals surface area contributed by atoms with Crippen molar-refractivity contribution in [3.05, 3.63) is 23.9 Å². The van der Waals surface area contributed by atoms with Crippen molar-refractivity contribution in [2.75, 3.05) is 19.8 Å². The number of rotatable bonds is 9. The van der Waals surface area contributed by atoms with Gasteiger partial charge in [-0.25, -0.2) is 22.9 Å². The predicted molar refractivity (Wildman–Crippen MR) is 69.9 cm³/mol. The maximum absolute atomic E-state index is 11.8. The molecule has 0 fully saturated rings. The Kier molecular flexibility index (Phi) is 6.09. The first-order valence-electron chi connectivity index (χ1n) is 5.34. The Labute approximate surface area is 115 Å². The summed E-state index contributed by atoms with van der Waals surface area (Å²) in [5, 5.41) is 8.80. The largest absolute Gasteiger partial charge is 0.476 e. The lowest BCUT2D eigenvalue weighted by Gasteiger charge is -2.05. The fourth-order valence-corrected chi connectivity index (χ4v) is 3.35. The molecule has 0 unspecified atom stereocenters. The molecule has 1 aromatic rings. The van der Waals surface area contributed by atoms with Crippen LogP contribution in [0.4, 0.5) is 0 Å². The standard InChI is InChI=1S/C10H14N2O5S2/c1-2-3-5-17-6-4-12-19(15,16)10-8(9(13)14)11-7-18-10/h2,7,12H,1,3-6H2,(H,13,14). The summed E-state index contributed by atoms with van der Waals surface area (Å²) in [7, 11) is -3.86. The number of nitrogens with one attached hydrogen (secondary N) is 1. The number of thiazole rings is 1. The van der Waals surface area contributed by atoms with Gasteiger partial charge in [0.15, 0.2) is 9.90 Å². The van der Waals surface area contributed by atoms with Crippen molar-refractivity contribution in [3.63, 3.8) is 0 Å². The Balaban J connectivity index is 2.54. The van der Waals surface area contributed by atoms with Gasteiger partial charge in [-0.05, 0) is 6.42 Å². The van der Waals surface area contributed by atoms with Crippen LogP contribution >= 0.6 is 11.3 Å². The minimum absolute atomic E-state index is 0.0659. The molecule has 9 heteroatoms. The molecule has 0 atom stereocenters. The van der Waals surface area contributed by atoms with Gasteiger partial charge in [-0.3, -0.25) is 0 Å². The molecule has 1 rings (SSSR count). The van der Waals surface area contributed by atoms with Crippen LogP contribution in [0, 0.1) is 0 Å². The molecule has 0 aliphatic rings. The van der Waals surface area contributed by atoms with Crippen LogP contribution in [0.2, 0.25) is 0 Å². The second kappa shape index (κ2) is 7.34. The molecule has 2 N–H and O–H groups in total. The zero-order valence-electron chi connectivity index (χ0n) is 10.0. The Morgan fingerprint density at radius 2 is 2.32 bits per heavy atom. The van der Waals surface area contributed by atoms with Gasteiger partial charge in [-0.15, -0.1) is 17.9 Å². The van der Waals surface area contributed by atoms with Gasteiger partial charge in [0.1, 0.15) is 0 Å². The molecular weight excluding hydrogens is 292 g/mol. The summed E-state index contributed by atoms with van der Waals surface area (Å²) in [6, 6.07) is 0. The average molecular weight is 306 g/mol. The van der Waals surface area contributed by atoms with E-state index in [4.69, 9.17) is 9.84 Å². The summed E-state index contributed by atoms with van der Waals surface area (Å²) in [6.07, 6.45) is 2.38. The molecular formula is C10H14N2O5S2. The molecule has 0 amide bonds. The smallest absolute Gasteiger partial charge is 0.356 e. The highest BCUT2D eigenvalue weighted by molar-refractivity contribution is 7.91. The van der Waals surface area contributed by atoms with Gasteiger partial charge in [0, 0.05) is 6.54 Å². The van der Waals surface area contributed by atoms with Crippen LogP contribution in [-0.4, -0.2) is 44.2 Å². The summed E-state index contributed by atoms with van der Waals surface area (Å²) in [5.74, 6) is -1.37. The van der Waals surface area contributed by atoms with Gasteiger partial charge < -0.3 is 9.84 Å². The lowest BCUT2D eigenvalue weighted by Crippen LogP contribution is -2.28. The first-order chi connectivity index (χ1) is 8.99. The van der Waals surface area contributed by atoms with Gasteiger partial charge in [-0.1, -0.05) is 6.08 Å². The summed E-state index contributed by atoms with van der Waals surface area (Å²) in [4.78, 5) is 14.3. The molecule has 106 valence electrons. The molecule has 0 radical (unpaired) electrons. The number of carbonyl (C=O) groups is 1. The number of carboxylic acids is 1. The number of ether oxygens (including phenoxy) is 1. The predicted octanol–water partition coefficient (Wildman–Crippen LogP) is 0.712. The van der Waals surface area contributed by atoms with Gasteiger partial charge in [0.05, 0.1) is 18.7 Å². The van der Waals surface area contributed by atoms with Gasteiger partial charge in [0.2, 0.25) is 0 Å². The Hall–Kier alpha value is -1.29. The average Bonchev–Trinajstić information content (AvgIpc) is 2.83. The molecule has 7 nitrogen and oxygen atoms in total. The minimum Gasteiger partial charge on any atom is -0.476 e. The molecule has 0 aromatic carbocycles. The number of nitrogens with zero attached hydrogens (tertiary/aromatic N) is 1. The maximum atomic E-state index is 11.8. The summed E-state index contributed by atoms with van der Waals surface area (Å²) < 4.78 is 30.8. The Bertz CT molecular complexity index is 538. The van der Waals surface area contributed by atoms with Crippen molar-refractivity contribution in [1.29, 1.82) is 0 Å². The van der Waals surface area contributed by atoms with Crippen LogP contribution in [-0.2, 0) is 14.8 Å². The maximum Gasteiger partial charge on any atom is 0.356 e. The van der Waals surface area contributed by atoms with Crippen molar-refractivity contribution < 1.29 is 23.1 Å². The molecule has 0 spiro atoms. The van der Waals surface area contributed by atoms with Gasteiger partial charge >= 0.3 is 5.97 Å². The monoisotopic (exact) mass is 306 g/mol. The summed E-state index contributed by atoms with van der Waals surface area (Å²) in [5.41, 5.74) is 0.712. The van der Waals surface area contributed by atoms with Gasteiger partial charge in [-0.2, -0.15) is 0 Å². The zero-order valence-corrected chi connectivity index (χ0v) is 11.7. The fourth-order valence-electron chi connectivity index (χ4n) is 1.15. The minimum atomic E-state index is -3.86. The third kappa shape index (κ3) is 4.71. The van der Waals surface area contributed by atoms with E-state index in [0.717, 1.165) is 11.3 Å². The number of hydrogen-bond donors (Lipinski definition) is 2. The first kappa shape index (κ1) is 15.8. The van der Waals surface area contributed by atoms with Crippen LogP contribution in [0.5, 0.6) is 0 Å². The molecule has 1 aromatic heterocycles. The molecule has 0 saturated heterocycles. The quantitative estimate of drug-likeness (QED) is 0.514. The van der Waals surface area contributed by atoms with Crippen molar-refractivity contribution >= 4 is 27.3 Å². The normalized spacial score (nSPS) is 11.4. The van der Waals surface area contributed by atoms with Crippen LogP contribution in [0.25, 0.3) is 0 Å². The van der Waals surface area contributed by atoms with E-state index in [1.807, 2.05) is 0 Å². The molecule has 0 saturated carbocycles. The van der Waals surface area contributed by atoms with E-state index in [0.29, 0.717) is 13.0 Å². The van der Waals surface area contributed by atoms with E-state index in [9.17, 15) is 13.2 Å². The Morgan fingerprint density at radius 1 is 1.58 bits per heavy atom. The van der Waals surface area contributed by atoms with Crippen molar-refractivity contribution in [1.82, 2.24) is 9.71 Å². The molecule has 0 aliphatic carbocycles. The number of hydrogen-bond acceptors (Lipinski definition) is 6. The molecule has 0 bridgehead atoms. The fraction of sp³-hybridized carbons (Fsp3) is 0.400. The van der Waals surface area contributed by atoms with E-state index < -0.39 is 21.7 Å². The van der Waals surface area contributed by atoms with E-state index in [2.05, 4.69) is 16.3 Å². The van der Waals surface area contributed by atoms with Crippen LogP contribution < -0.4 is 4.72 Å². The van der Waals surface area contributed by atoms with Crippen molar-refractivity contribution in [3.8, 4) is 0 Å². The molecule has 1 heterocycles. The van der Waals surface area contributed by atoms with E-state index >= 15 is 0 Å². The van der Waals surface area contributed by atoms with Crippen LogP contribution in [0.1, 0.15) is 16.9 Å². The lowest BCUT2D eigenvalue weighted by molar-refractivity contribution is 0.0687. The third-order valence-electron chi connectivity index (χ3n) is 1.99. The van der Waals surface area contributed by atoms with Crippen LogP contribution in [0.3, 0.4) is 0 Å². The topological polar surface area (TPSA) is 106 Å². The highest BCUT2D eigenvalue weighted by atomic mass is 32.2. The second-order valence-electron chi connectivity index (χ2n) is 3.38. The number of aromatic nitrogens is 1. The lowest BCUT2D eigenvalue weighted by atomic mass is 10.5. The Morgan fingerprint density at radius 3 is 2.95 bits per heavy atom. The molecule has 19 heavy (non-hydrogen) atoms. The zero-order chi connectivity index (χ0) is 14.3. The SMILES string of the molecule is C=CCCOCCNS(=O)(=O)c1scnc1C(=O)O. The summed E-state index contributed by atoms with van der Waals surface area (Å²) in [6.45, 7) is 4.26. The van der Waals surface area contributed by atoms with Crippen molar-refractivity contribution in [2.45, 2.75) is 10.6 Å². The first-order valence-corrected chi connectivity index (χ1v) is 7.70. The van der Waals surface area contributed by atoms with Crippen molar-refractivity contribution in [2.24, 2.45) is 0 Å².